The lowest BCUT2D eigenvalue weighted by Crippen LogP contribution is -2.27. The second-order valence-corrected chi connectivity index (χ2v) is 9.15. The summed E-state index contributed by atoms with van der Waals surface area (Å²) in [5.74, 6) is 0.741. The molecule has 0 saturated carbocycles. The number of benzene rings is 1. The molecule has 1 atom stereocenters. The van der Waals surface area contributed by atoms with Crippen LogP contribution in [-0.4, -0.2) is 5.91 Å². The van der Waals surface area contributed by atoms with Crippen LogP contribution in [0.4, 0.5) is 5.69 Å². The number of hydrogen-bond acceptors (Lipinski definition) is 2. The summed E-state index contributed by atoms with van der Waals surface area (Å²) < 4.78 is 0. The lowest BCUT2D eigenvalue weighted by Gasteiger charge is -2.34. The largest absolute Gasteiger partial charge is 0.322 e. The zero-order valence-corrected chi connectivity index (χ0v) is 16.1. The highest BCUT2D eigenvalue weighted by Crippen LogP contribution is 2.40. The molecule has 0 radical (unpaired) electrons. The SMILES string of the molecule is Cc1cc(C)cc(NC(=O)c2csc3c2CCC(C(C)(C)C)C3)c1. The van der Waals surface area contributed by atoms with Crippen LogP contribution in [0.25, 0.3) is 0 Å². The molecule has 1 N–H and O–H groups in total. The van der Waals surface area contributed by atoms with Crippen LogP contribution in [0.15, 0.2) is 23.6 Å². The third-order valence-corrected chi connectivity index (χ3v) is 6.16. The van der Waals surface area contributed by atoms with E-state index in [2.05, 4.69) is 46.0 Å². The molecule has 0 aliphatic heterocycles. The quantitative estimate of drug-likeness (QED) is 0.738. The fourth-order valence-corrected chi connectivity index (χ4v) is 4.85. The first-order chi connectivity index (χ1) is 11.2. The van der Waals surface area contributed by atoms with Crippen molar-refractivity contribution in [1.82, 2.24) is 0 Å². The molecule has 1 unspecified atom stereocenters. The molecule has 0 spiro atoms. The second-order valence-electron chi connectivity index (χ2n) is 8.19. The Balaban J connectivity index is 1.79. The van der Waals surface area contributed by atoms with Crippen LogP contribution < -0.4 is 5.32 Å². The Morgan fingerprint density at radius 1 is 1.17 bits per heavy atom. The van der Waals surface area contributed by atoms with Crippen molar-refractivity contribution in [3.05, 3.63) is 50.7 Å². The van der Waals surface area contributed by atoms with E-state index in [9.17, 15) is 4.79 Å². The number of anilines is 1. The maximum atomic E-state index is 12.7. The van der Waals surface area contributed by atoms with Gasteiger partial charge in [0.05, 0.1) is 5.56 Å². The number of carbonyl (C=O) groups excluding carboxylic acids is 1. The van der Waals surface area contributed by atoms with Crippen molar-refractivity contribution >= 4 is 22.9 Å². The van der Waals surface area contributed by atoms with Crippen LogP contribution in [0.3, 0.4) is 0 Å². The van der Waals surface area contributed by atoms with Gasteiger partial charge in [-0.2, -0.15) is 0 Å². The minimum atomic E-state index is 0.0340. The van der Waals surface area contributed by atoms with Crippen molar-refractivity contribution in [2.75, 3.05) is 5.32 Å². The number of fused-ring (bicyclic) bond motifs is 1. The molecule has 1 aliphatic rings. The lowest BCUT2D eigenvalue weighted by atomic mass is 9.72. The van der Waals surface area contributed by atoms with Crippen LogP contribution in [0.1, 0.15) is 59.1 Å². The molecule has 0 saturated heterocycles. The molecule has 1 aromatic heterocycles. The van der Waals surface area contributed by atoms with Gasteiger partial charge in [0.1, 0.15) is 0 Å². The van der Waals surface area contributed by atoms with Crippen LogP contribution >= 0.6 is 11.3 Å². The number of thiophene rings is 1. The summed E-state index contributed by atoms with van der Waals surface area (Å²) in [7, 11) is 0. The lowest BCUT2D eigenvalue weighted by molar-refractivity contribution is 0.102. The van der Waals surface area contributed by atoms with Gasteiger partial charge in [-0.25, -0.2) is 0 Å². The van der Waals surface area contributed by atoms with Gasteiger partial charge in [0.25, 0.3) is 5.91 Å². The van der Waals surface area contributed by atoms with Crippen LogP contribution in [0.2, 0.25) is 0 Å². The minimum Gasteiger partial charge on any atom is -0.322 e. The first-order valence-electron chi connectivity index (χ1n) is 8.73. The third-order valence-electron chi connectivity index (χ3n) is 5.10. The number of rotatable bonds is 2. The van der Waals surface area contributed by atoms with Gasteiger partial charge < -0.3 is 5.32 Å². The minimum absolute atomic E-state index is 0.0340. The van der Waals surface area contributed by atoms with E-state index < -0.39 is 0 Å². The summed E-state index contributed by atoms with van der Waals surface area (Å²) in [6.07, 6.45) is 3.31. The van der Waals surface area contributed by atoms with Crippen molar-refractivity contribution in [2.24, 2.45) is 11.3 Å². The topological polar surface area (TPSA) is 29.1 Å². The third kappa shape index (κ3) is 3.56. The van der Waals surface area contributed by atoms with Gasteiger partial charge in [-0.05, 0) is 73.3 Å². The molecule has 1 aromatic carbocycles. The molecule has 128 valence electrons. The Morgan fingerprint density at radius 2 is 1.83 bits per heavy atom. The van der Waals surface area contributed by atoms with Crippen molar-refractivity contribution in [2.45, 2.75) is 53.9 Å². The molecule has 3 heteroatoms. The Morgan fingerprint density at radius 3 is 2.46 bits per heavy atom. The molecule has 24 heavy (non-hydrogen) atoms. The Labute approximate surface area is 149 Å². The van der Waals surface area contributed by atoms with E-state index in [1.807, 2.05) is 17.5 Å². The predicted octanol–water partition coefficient (Wildman–Crippen LogP) is 5.77. The average Bonchev–Trinajstić information content (AvgIpc) is 2.88. The normalized spacial score (nSPS) is 17.5. The molecule has 1 amide bonds. The van der Waals surface area contributed by atoms with Gasteiger partial charge in [0.15, 0.2) is 0 Å². The maximum Gasteiger partial charge on any atom is 0.256 e. The fraction of sp³-hybridized carbons (Fsp3) is 0.476. The van der Waals surface area contributed by atoms with E-state index in [4.69, 9.17) is 0 Å². The van der Waals surface area contributed by atoms with E-state index in [1.54, 1.807) is 11.3 Å². The highest BCUT2D eigenvalue weighted by atomic mass is 32.1. The van der Waals surface area contributed by atoms with E-state index in [1.165, 1.54) is 28.0 Å². The smallest absolute Gasteiger partial charge is 0.256 e. The maximum absolute atomic E-state index is 12.7. The molecule has 1 heterocycles. The van der Waals surface area contributed by atoms with Gasteiger partial charge in [0, 0.05) is 15.9 Å². The predicted molar refractivity (Wildman–Crippen MR) is 103 cm³/mol. The Kier molecular flexibility index (Phi) is 4.56. The molecular weight excluding hydrogens is 314 g/mol. The summed E-state index contributed by atoms with van der Waals surface area (Å²) in [6, 6.07) is 6.17. The molecule has 2 aromatic rings. The second kappa shape index (κ2) is 6.36. The van der Waals surface area contributed by atoms with Crippen LogP contribution in [-0.2, 0) is 12.8 Å². The van der Waals surface area contributed by atoms with Gasteiger partial charge in [-0.1, -0.05) is 26.8 Å². The van der Waals surface area contributed by atoms with Gasteiger partial charge >= 0.3 is 0 Å². The molecule has 0 fully saturated rings. The number of amides is 1. The molecular formula is C21H27NOS. The number of hydrogen-bond donors (Lipinski definition) is 1. The zero-order valence-electron chi connectivity index (χ0n) is 15.3. The van der Waals surface area contributed by atoms with E-state index >= 15 is 0 Å². The summed E-state index contributed by atoms with van der Waals surface area (Å²) in [4.78, 5) is 14.2. The monoisotopic (exact) mass is 341 g/mol. The van der Waals surface area contributed by atoms with Crippen LogP contribution in [0.5, 0.6) is 0 Å². The van der Waals surface area contributed by atoms with Crippen molar-refractivity contribution < 1.29 is 4.79 Å². The number of nitrogens with one attached hydrogen (secondary N) is 1. The van der Waals surface area contributed by atoms with E-state index in [0.717, 1.165) is 24.1 Å². The Bertz CT molecular complexity index is 746. The fourth-order valence-electron chi connectivity index (χ4n) is 3.69. The standard InChI is InChI=1S/C21H27NOS/c1-13-8-14(2)10-16(9-13)22-20(23)18-12-24-19-11-15(21(3,4)5)6-7-17(18)19/h8-10,12,15H,6-7,11H2,1-5H3,(H,22,23). The summed E-state index contributed by atoms with van der Waals surface area (Å²) in [6.45, 7) is 11.1. The first-order valence-corrected chi connectivity index (χ1v) is 9.61. The molecule has 3 rings (SSSR count). The zero-order chi connectivity index (χ0) is 17.5. The Hall–Kier alpha value is -1.61. The van der Waals surface area contributed by atoms with Gasteiger partial charge in [-0.15, -0.1) is 11.3 Å². The highest BCUT2D eigenvalue weighted by molar-refractivity contribution is 7.10. The molecule has 2 nitrogen and oxygen atoms in total. The van der Waals surface area contributed by atoms with Gasteiger partial charge in [-0.3, -0.25) is 4.79 Å². The molecule has 1 aliphatic carbocycles. The van der Waals surface area contributed by atoms with Gasteiger partial charge in [0.2, 0.25) is 0 Å². The van der Waals surface area contributed by atoms with Crippen molar-refractivity contribution in [3.8, 4) is 0 Å². The number of aryl methyl sites for hydroxylation is 2. The van der Waals surface area contributed by atoms with Crippen molar-refractivity contribution in [3.63, 3.8) is 0 Å². The summed E-state index contributed by atoms with van der Waals surface area (Å²) in [5.41, 5.74) is 5.73. The summed E-state index contributed by atoms with van der Waals surface area (Å²) >= 11 is 1.76. The highest BCUT2D eigenvalue weighted by Gasteiger charge is 2.31. The average molecular weight is 342 g/mol. The first kappa shape index (κ1) is 17.2. The van der Waals surface area contributed by atoms with Crippen LogP contribution in [0, 0.1) is 25.2 Å². The summed E-state index contributed by atoms with van der Waals surface area (Å²) in [5, 5.41) is 5.13. The van der Waals surface area contributed by atoms with Crippen molar-refractivity contribution in [1.29, 1.82) is 0 Å². The van der Waals surface area contributed by atoms with E-state index in [0.29, 0.717) is 11.3 Å². The number of carbonyl (C=O) groups is 1. The molecule has 0 bridgehead atoms. The van der Waals surface area contributed by atoms with E-state index in [-0.39, 0.29) is 5.91 Å².